The van der Waals surface area contributed by atoms with E-state index in [1.165, 1.54) is 11.1 Å². The molecule has 1 aliphatic heterocycles. The van der Waals surface area contributed by atoms with E-state index in [2.05, 4.69) is 61.2 Å². The molecule has 2 amide bonds. The van der Waals surface area contributed by atoms with Crippen molar-refractivity contribution in [1.29, 1.82) is 0 Å². The molecule has 1 aromatic carbocycles. The van der Waals surface area contributed by atoms with Gasteiger partial charge >= 0.3 is 6.03 Å². The Hall–Kier alpha value is -2.40. The van der Waals surface area contributed by atoms with Crippen LogP contribution in [0.2, 0.25) is 0 Å². The molecule has 0 radical (unpaired) electrons. The van der Waals surface area contributed by atoms with E-state index in [1.54, 1.807) is 6.20 Å². The first-order valence-corrected chi connectivity index (χ1v) is 10.2. The van der Waals surface area contributed by atoms with Crippen molar-refractivity contribution in [3.8, 4) is 0 Å². The Morgan fingerprint density at radius 2 is 2.00 bits per heavy atom. The first-order valence-electron chi connectivity index (χ1n) is 10.2. The number of aromatic nitrogens is 1. The summed E-state index contributed by atoms with van der Waals surface area (Å²) in [5.41, 5.74) is 4.73. The smallest absolute Gasteiger partial charge is 0.318 e. The highest BCUT2D eigenvalue weighted by Gasteiger charge is 2.28. The maximum atomic E-state index is 13.2. The molecule has 2 aromatic rings. The minimum absolute atomic E-state index is 0.00383. The third-order valence-electron chi connectivity index (χ3n) is 5.84. The molecule has 5 nitrogen and oxygen atoms in total. The van der Waals surface area contributed by atoms with Gasteiger partial charge in [-0.1, -0.05) is 24.3 Å². The second-order valence-corrected chi connectivity index (χ2v) is 8.04. The van der Waals surface area contributed by atoms with Gasteiger partial charge in [0.25, 0.3) is 0 Å². The molecular formula is C23H32N4O. The summed E-state index contributed by atoms with van der Waals surface area (Å²) in [5.74, 6) is 0. The molecule has 0 spiro atoms. The molecule has 3 rings (SSSR count). The predicted molar refractivity (Wildman–Crippen MR) is 113 cm³/mol. The van der Waals surface area contributed by atoms with Gasteiger partial charge in [0.05, 0.1) is 6.04 Å². The summed E-state index contributed by atoms with van der Waals surface area (Å²) >= 11 is 0. The quantitative estimate of drug-likeness (QED) is 0.851. The minimum atomic E-state index is -0.0329. The summed E-state index contributed by atoms with van der Waals surface area (Å²) in [4.78, 5) is 21.8. The van der Waals surface area contributed by atoms with Gasteiger partial charge in [0.1, 0.15) is 0 Å². The van der Waals surface area contributed by atoms with Crippen molar-refractivity contribution in [3.05, 3.63) is 65.0 Å². The van der Waals surface area contributed by atoms with Crippen LogP contribution in [-0.4, -0.2) is 47.0 Å². The first-order chi connectivity index (χ1) is 13.4. The number of aryl methyl sites for hydroxylation is 2. The highest BCUT2D eigenvalue weighted by atomic mass is 16.2. The number of carbonyl (C=O) groups is 1. The predicted octanol–water partition coefficient (Wildman–Crippen LogP) is 4.07. The fraction of sp³-hybridized carbons (Fsp3) is 0.478. The molecule has 28 heavy (non-hydrogen) atoms. The van der Waals surface area contributed by atoms with Crippen LogP contribution in [0, 0.1) is 13.8 Å². The van der Waals surface area contributed by atoms with Gasteiger partial charge in [-0.3, -0.25) is 4.98 Å². The van der Waals surface area contributed by atoms with Crippen molar-refractivity contribution < 1.29 is 4.79 Å². The maximum absolute atomic E-state index is 13.2. The Morgan fingerprint density at radius 1 is 1.25 bits per heavy atom. The van der Waals surface area contributed by atoms with Crippen molar-refractivity contribution in [1.82, 2.24) is 20.1 Å². The van der Waals surface area contributed by atoms with Crippen LogP contribution in [0.15, 0.2) is 42.7 Å². The zero-order valence-electron chi connectivity index (χ0n) is 17.5. The lowest BCUT2D eigenvalue weighted by Crippen LogP contribution is -2.50. The second-order valence-electron chi connectivity index (χ2n) is 8.04. The number of benzene rings is 1. The summed E-state index contributed by atoms with van der Waals surface area (Å²) in [6.07, 6.45) is 5.62. The molecule has 0 unspecified atom stereocenters. The normalized spacial score (nSPS) is 16.6. The SMILES string of the molecule is Cc1ccc([C@H](C)NC(=O)N(Cc2cccnc2)C2CCN(C)CC2)cc1C. The molecule has 1 aromatic heterocycles. The van der Waals surface area contributed by atoms with E-state index >= 15 is 0 Å². The lowest BCUT2D eigenvalue weighted by molar-refractivity contribution is 0.125. The van der Waals surface area contributed by atoms with Gasteiger partial charge in [0.2, 0.25) is 0 Å². The van der Waals surface area contributed by atoms with Gasteiger partial charge < -0.3 is 15.1 Å². The van der Waals surface area contributed by atoms with Gasteiger partial charge in [-0.25, -0.2) is 4.79 Å². The maximum Gasteiger partial charge on any atom is 0.318 e. The third-order valence-corrected chi connectivity index (χ3v) is 5.84. The second kappa shape index (κ2) is 9.20. The van der Waals surface area contributed by atoms with Crippen molar-refractivity contribution in [2.75, 3.05) is 20.1 Å². The molecule has 0 aliphatic carbocycles. The third kappa shape index (κ3) is 5.10. The standard InChI is InChI=1S/C23H32N4O/c1-17-7-8-21(14-18(17)2)19(3)25-23(28)27(16-20-6-5-11-24-15-20)22-9-12-26(4)13-10-22/h5-8,11,14-15,19,22H,9-10,12-13,16H2,1-4H3,(H,25,28)/t19-/m0/s1. The van der Waals surface area contributed by atoms with Gasteiger partial charge in [-0.2, -0.15) is 0 Å². The number of hydrogen-bond acceptors (Lipinski definition) is 3. The van der Waals surface area contributed by atoms with Crippen LogP contribution < -0.4 is 5.32 Å². The number of nitrogens with one attached hydrogen (secondary N) is 1. The zero-order valence-corrected chi connectivity index (χ0v) is 17.5. The van der Waals surface area contributed by atoms with Gasteiger partial charge in [0, 0.05) is 25.0 Å². The number of urea groups is 1. The topological polar surface area (TPSA) is 48.5 Å². The lowest BCUT2D eigenvalue weighted by atomic mass is 10.0. The van der Waals surface area contributed by atoms with Crippen LogP contribution in [0.4, 0.5) is 4.79 Å². The monoisotopic (exact) mass is 380 g/mol. The highest BCUT2D eigenvalue weighted by Crippen LogP contribution is 2.21. The van der Waals surface area contributed by atoms with Crippen LogP contribution in [-0.2, 0) is 6.54 Å². The van der Waals surface area contributed by atoms with E-state index in [0.717, 1.165) is 37.1 Å². The summed E-state index contributed by atoms with van der Waals surface area (Å²) in [7, 11) is 2.14. The Kier molecular flexibility index (Phi) is 6.68. The number of piperidine rings is 1. The van der Waals surface area contributed by atoms with Gasteiger partial charge in [-0.15, -0.1) is 0 Å². The van der Waals surface area contributed by atoms with Crippen LogP contribution in [0.5, 0.6) is 0 Å². The number of hydrogen-bond donors (Lipinski definition) is 1. The summed E-state index contributed by atoms with van der Waals surface area (Å²) in [5, 5.41) is 3.22. The van der Waals surface area contributed by atoms with E-state index < -0.39 is 0 Å². The fourth-order valence-corrected chi connectivity index (χ4v) is 3.75. The number of carbonyl (C=O) groups excluding carboxylic acids is 1. The van der Waals surface area contributed by atoms with Gasteiger partial charge in [-0.05, 0) is 82.1 Å². The average Bonchev–Trinajstić information content (AvgIpc) is 2.69. The largest absolute Gasteiger partial charge is 0.331 e. The Balaban J connectivity index is 1.74. The van der Waals surface area contributed by atoms with Crippen LogP contribution in [0.3, 0.4) is 0 Å². The van der Waals surface area contributed by atoms with E-state index in [1.807, 2.05) is 23.2 Å². The molecule has 1 N–H and O–H groups in total. The Labute approximate surface area is 168 Å². The summed E-state index contributed by atoms with van der Waals surface area (Å²) in [6, 6.07) is 10.6. The van der Waals surface area contributed by atoms with E-state index in [9.17, 15) is 4.79 Å². The molecule has 0 bridgehead atoms. The van der Waals surface area contributed by atoms with E-state index in [4.69, 9.17) is 0 Å². The van der Waals surface area contributed by atoms with Crippen molar-refractivity contribution in [2.45, 2.75) is 52.2 Å². The van der Waals surface area contributed by atoms with Crippen LogP contribution in [0.1, 0.15) is 48.1 Å². The number of rotatable bonds is 5. The average molecular weight is 381 g/mol. The Bertz CT molecular complexity index is 784. The number of likely N-dealkylation sites (tertiary alicyclic amines) is 1. The summed E-state index contributed by atoms with van der Waals surface area (Å²) < 4.78 is 0. The summed E-state index contributed by atoms with van der Waals surface area (Å²) in [6.45, 7) is 8.91. The number of pyridine rings is 1. The zero-order chi connectivity index (χ0) is 20.1. The Morgan fingerprint density at radius 3 is 2.64 bits per heavy atom. The molecule has 0 saturated carbocycles. The van der Waals surface area contributed by atoms with Crippen molar-refractivity contribution >= 4 is 6.03 Å². The van der Waals surface area contributed by atoms with E-state index in [-0.39, 0.29) is 18.1 Å². The molecule has 5 heteroatoms. The molecule has 1 saturated heterocycles. The van der Waals surface area contributed by atoms with Crippen LogP contribution in [0.25, 0.3) is 0 Å². The molecule has 1 aliphatic rings. The molecule has 2 heterocycles. The highest BCUT2D eigenvalue weighted by molar-refractivity contribution is 5.75. The molecule has 150 valence electrons. The first kappa shape index (κ1) is 20.3. The van der Waals surface area contributed by atoms with Crippen LogP contribution >= 0.6 is 0 Å². The van der Waals surface area contributed by atoms with E-state index in [0.29, 0.717) is 6.54 Å². The minimum Gasteiger partial charge on any atom is -0.331 e. The molecular weight excluding hydrogens is 348 g/mol. The number of amides is 2. The molecule has 1 fully saturated rings. The number of nitrogens with zero attached hydrogens (tertiary/aromatic N) is 3. The van der Waals surface area contributed by atoms with Crippen molar-refractivity contribution in [2.24, 2.45) is 0 Å². The van der Waals surface area contributed by atoms with Crippen molar-refractivity contribution in [3.63, 3.8) is 0 Å². The fourth-order valence-electron chi connectivity index (χ4n) is 3.75. The lowest BCUT2D eigenvalue weighted by Gasteiger charge is -2.38. The molecule has 1 atom stereocenters. The van der Waals surface area contributed by atoms with Gasteiger partial charge in [0.15, 0.2) is 0 Å².